The molecule has 0 saturated carbocycles. The number of ether oxygens (including phenoxy) is 1. The van der Waals surface area contributed by atoms with E-state index in [1.807, 2.05) is 61.7 Å². The molecule has 3 aromatic rings. The molecule has 0 radical (unpaired) electrons. The van der Waals surface area contributed by atoms with Gasteiger partial charge in [-0.15, -0.1) is 0 Å². The number of aryl methyl sites for hydroxylation is 1. The first-order valence-electron chi connectivity index (χ1n) is 7.30. The Morgan fingerprint density at radius 3 is 3.00 bits per heavy atom. The lowest BCUT2D eigenvalue weighted by atomic mass is 10.2. The molecule has 0 bridgehead atoms. The normalized spacial score (nSPS) is 11.0. The highest BCUT2D eigenvalue weighted by Gasteiger charge is 2.02. The van der Waals surface area contributed by atoms with Crippen LogP contribution in [-0.2, 0) is 4.79 Å². The largest absolute Gasteiger partial charge is 0.484 e. The van der Waals surface area contributed by atoms with Crippen molar-refractivity contribution in [2.45, 2.75) is 6.92 Å². The molecule has 0 unspecified atom stereocenters. The van der Waals surface area contributed by atoms with Crippen LogP contribution in [0.2, 0.25) is 0 Å². The topological polar surface area (TPSA) is 66.5 Å². The van der Waals surface area contributed by atoms with Gasteiger partial charge in [0.05, 0.1) is 6.21 Å². The number of carbonyl (C=O) groups excluding carboxylic acids is 1. The molecule has 0 fully saturated rings. The molecule has 3 rings (SSSR count). The lowest BCUT2D eigenvalue weighted by molar-refractivity contribution is -0.123. The van der Waals surface area contributed by atoms with Crippen LogP contribution in [0.5, 0.6) is 5.75 Å². The number of hydrazone groups is 1. The quantitative estimate of drug-likeness (QED) is 0.562. The van der Waals surface area contributed by atoms with Gasteiger partial charge in [0.25, 0.3) is 5.91 Å². The second-order valence-electron chi connectivity index (χ2n) is 5.19. The number of para-hydroxylation sites is 1. The first kappa shape index (κ1) is 14.8. The number of aromatic nitrogens is 1. The van der Waals surface area contributed by atoms with Gasteiger partial charge in [0.15, 0.2) is 6.61 Å². The fourth-order valence-corrected chi connectivity index (χ4v) is 2.26. The molecule has 1 heterocycles. The van der Waals surface area contributed by atoms with E-state index in [-0.39, 0.29) is 12.5 Å². The first-order chi connectivity index (χ1) is 11.2. The van der Waals surface area contributed by atoms with Gasteiger partial charge < -0.3 is 9.72 Å². The molecule has 0 atom stereocenters. The molecular formula is C18H17N3O2. The SMILES string of the molecule is Cc1cccc(OCC(=O)N/N=C\c2c[nH]c3ccccc23)c1. The number of hydrogen-bond donors (Lipinski definition) is 2. The Bertz CT molecular complexity index is 852. The number of H-pyrrole nitrogens is 1. The van der Waals surface area contributed by atoms with Gasteiger partial charge in [0.1, 0.15) is 5.75 Å². The number of benzene rings is 2. The molecule has 116 valence electrons. The van der Waals surface area contributed by atoms with Crippen molar-refractivity contribution >= 4 is 23.0 Å². The van der Waals surface area contributed by atoms with Crippen LogP contribution in [-0.4, -0.2) is 23.7 Å². The van der Waals surface area contributed by atoms with E-state index in [2.05, 4.69) is 15.5 Å². The zero-order valence-corrected chi connectivity index (χ0v) is 12.7. The van der Waals surface area contributed by atoms with E-state index < -0.39 is 0 Å². The molecule has 0 aliphatic rings. The Kier molecular flexibility index (Phi) is 4.38. The van der Waals surface area contributed by atoms with Gasteiger partial charge in [0, 0.05) is 22.7 Å². The molecule has 0 aliphatic heterocycles. The molecule has 1 amide bonds. The average Bonchev–Trinajstić information content (AvgIpc) is 2.97. The van der Waals surface area contributed by atoms with Crippen LogP contribution in [0, 0.1) is 6.92 Å². The minimum atomic E-state index is -0.303. The molecule has 5 nitrogen and oxygen atoms in total. The average molecular weight is 307 g/mol. The molecule has 0 spiro atoms. The number of hydrogen-bond acceptors (Lipinski definition) is 3. The molecule has 23 heavy (non-hydrogen) atoms. The van der Waals surface area contributed by atoms with Gasteiger partial charge in [-0.2, -0.15) is 5.10 Å². The minimum absolute atomic E-state index is 0.0747. The Morgan fingerprint density at radius 1 is 1.26 bits per heavy atom. The van der Waals surface area contributed by atoms with Crippen molar-refractivity contribution in [2.24, 2.45) is 5.10 Å². The highest BCUT2D eigenvalue weighted by atomic mass is 16.5. The fraction of sp³-hybridized carbons (Fsp3) is 0.111. The summed E-state index contributed by atoms with van der Waals surface area (Å²) in [5.41, 5.74) is 5.49. The summed E-state index contributed by atoms with van der Waals surface area (Å²) in [6.07, 6.45) is 3.47. The van der Waals surface area contributed by atoms with E-state index in [4.69, 9.17) is 4.74 Å². The molecule has 5 heteroatoms. The molecule has 1 aromatic heterocycles. The van der Waals surface area contributed by atoms with Crippen molar-refractivity contribution in [2.75, 3.05) is 6.61 Å². The summed E-state index contributed by atoms with van der Waals surface area (Å²) in [6, 6.07) is 15.5. The second-order valence-corrected chi connectivity index (χ2v) is 5.19. The molecule has 0 aliphatic carbocycles. The van der Waals surface area contributed by atoms with E-state index in [0.29, 0.717) is 5.75 Å². The lowest BCUT2D eigenvalue weighted by Gasteiger charge is -2.05. The van der Waals surface area contributed by atoms with Crippen molar-refractivity contribution in [3.8, 4) is 5.75 Å². The number of carbonyl (C=O) groups is 1. The molecule has 0 saturated heterocycles. The summed E-state index contributed by atoms with van der Waals surface area (Å²) >= 11 is 0. The highest BCUT2D eigenvalue weighted by Crippen LogP contribution is 2.15. The van der Waals surface area contributed by atoms with Gasteiger partial charge in [-0.05, 0) is 30.7 Å². The van der Waals surface area contributed by atoms with Gasteiger partial charge in [-0.25, -0.2) is 5.43 Å². The highest BCUT2D eigenvalue weighted by molar-refractivity contribution is 5.99. The predicted octanol–water partition coefficient (Wildman–Crippen LogP) is 3.01. The minimum Gasteiger partial charge on any atom is -0.484 e. The van der Waals surface area contributed by atoms with Crippen LogP contribution in [0.25, 0.3) is 10.9 Å². The molecule has 2 aromatic carbocycles. The van der Waals surface area contributed by atoms with Crippen molar-refractivity contribution < 1.29 is 9.53 Å². The molecular weight excluding hydrogens is 290 g/mol. The van der Waals surface area contributed by atoms with Gasteiger partial charge in [-0.3, -0.25) is 4.79 Å². The Hall–Kier alpha value is -3.08. The second kappa shape index (κ2) is 6.79. The zero-order valence-electron chi connectivity index (χ0n) is 12.7. The van der Waals surface area contributed by atoms with Crippen LogP contribution in [0.4, 0.5) is 0 Å². The third-order valence-corrected chi connectivity index (χ3v) is 3.37. The van der Waals surface area contributed by atoms with E-state index in [9.17, 15) is 4.79 Å². The first-order valence-corrected chi connectivity index (χ1v) is 7.30. The predicted molar refractivity (Wildman–Crippen MR) is 90.7 cm³/mol. The van der Waals surface area contributed by atoms with Crippen LogP contribution < -0.4 is 10.2 Å². The third kappa shape index (κ3) is 3.77. The number of rotatable bonds is 5. The van der Waals surface area contributed by atoms with Crippen LogP contribution in [0.3, 0.4) is 0 Å². The van der Waals surface area contributed by atoms with Crippen molar-refractivity contribution in [3.05, 3.63) is 65.9 Å². The summed E-state index contributed by atoms with van der Waals surface area (Å²) < 4.78 is 5.41. The maximum atomic E-state index is 11.7. The van der Waals surface area contributed by atoms with Gasteiger partial charge >= 0.3 is 0 Å². The maximum Gasteiger partial charge on any atom is 0.277 e. The van der Waals surface area contributed by atoms with Gasteiger partial charge in [-0.1, -0.05) is 30.3 Å². The lowest BCUT2D eigenvalue weighted by Crippen LogP contribution is -2.24. The Morgan fingerprint density at radius 2 is 2.13 bits per heavy atom. The maximum absolute atomic E-state index is 11.7. The van der Waals surface area contributed by atoms with Crippen molar-refractivity contribution in [1.29, 1.82) is 0 Å². The standard InChI is InChI=1S/C18H17N3O2/c1-13-5-4-6-15(9-13)23-12-18(22)21-20-11-14-10-19-17-8-3-2-7-16(14)17/h2-11,19H,12H2,1H3,(H,21,22)/b20-11-. The number of amides is 1. The monoisotopic (exact) mass is 307 g/mol. The van der Waals surface area contributed by atoms with E-state index in [0.717, 1.165) is 22.0 Å². The summed E-state index contributed by atoms with van der Waals surface area (Å²) in [5, 5.41) is 5.03. The van der Waals surface area contributed by atoms with Crippen molar-refractivity contribution in [1.82, 2.24) is 10.4 Å². The van der Waals surface area contributed by atoms with E-state index in [1.165, 1.54) is 0 Å². The summed E-state index contributed by atoms with van der Waals surface area (Å²) in [4.78, 5) is 14.9. The number of fused-ring (bicyclic) bond motifs is 1. The number of aromatic amines is 1. The summed E-state index contributed by atoms with van der Waals surface area (Å²) in [6.45, 7) is 1.90. The Balaban J connectivity index is 1.54. The van der Waals surface area contributed by atoms with Crippen LogP contribution in [0.15, 0.2) is 59.8 Å². The van der Waals surface area contributed by atoms with Crippen LogP contribution in [0.1, 0.15) is 11.1 Å². The summed E-state index contributed by atoms with van der Waals surface area (Å²) in [5.74, 6) is 0.364. The molecule has 2 N–H and O–H groups in total. The van der Waals surface area contributed by atoms with Gasteiger partial charge in [0.2, 0.25) is 0 Å². The fourth-order valence-electron chi connectivity index (χ4n) is 2.26. The Labute approximate surface area is 134 Å². The van der Waals surface area contributed by atoms with E-state index >= 15 is 0 Å². The van der Waals surface area contributed by atoms with E-state index in [1.54, 1.807) is 6.21 Å². The number of nitrogens with one attached hydrogen (secondary N) is 2. The van der Waals surface area contributed by atoms with Crippen molar-refractivity contribution in [3.63, 3.8) is 0 Å². The third-order valence-electron chi connectivity index (χ3n) is 3.37. The summed E-state index contributed by atoms with van der Waals surface area (Å²) in [7, 11) is 0. The van der Waals surface area contributed by atoms with Crippen LogP contribution >= 0.6 is 0 Å². The zero-order chi connectivity index (χ0) is 16.1. The number of nitrogens with zero attached hydrogens (tertiary/aromatic N) is 1. The smallest absolute Gasteiger partial charge is 0.277 e.